The molecule has 0 aromatic heterocycles. The topological polar surface area (TPSA) is 49.4 Å². The van der Waals surface area contributed by atoms with Gasteiger partial charge in [0.05, 0.1) is 6.54 Å². The van der Waals surface area contributed by atoms with Crippen LogP contribution in [-0.2, 0) is 16.0 Å². The van der Waals surface area contributed by atoms with Crippen molar-refractivity contribution < 1.29 is 14.0 Å². The highest BCUT2D eigenvalue weighted by Crippen LogP contribution is 2.16. The standard InChI is InChI=1S/C15H19FN2O2/c1-10(2)14-15(20)17-9-13(19)18(14)7-6-11-4-3-5-12(16)8-11/h3-5,8,10,14H,6-7,9H2,1-2H3,(H,17,20). The van der Waals surface area contributed by atoms with Crippen LogP contribution < -0.4 is 5.32 Å². The van der Waals surface area contributed by atoms with E-state index >= 15 is 0 Å². The summed E-state index contributed by atoms with van der Waals surface area (Å²) >= 11 is 0. The van der Waals surface area contributed by atoms with Crippen LogP contribution in [0.15, 0.2) is 24.3 Å². The maximum Gasteiger partial charge on any atom is 0.243 e. The zero-order chi connectivity index (χ0) is 14.7. The van der Waals surface area contributed by atoms with Gasteiger partial charge in [-0.3, -0.25) is 9.59 Å². The van der Waals surface area contributed by atoms with Crippen molar-refractivity contribution in [3.63, 3.8) is 0 Å². The van der Waals surface area contributed by atoms with Crippen LogP contribution in [-0.4, -0.2) is 35.8 Å². The van der Waals surface area contributed by atoms with Gasteiger partial charge in [-0.15, -0.1) is 0 Å². The summed E-state index contributed by atoms with van der Waals surface area (Å²) in [5.41, 5.74) is 0.825. The first-order chi connectivity index (χ1) is 9.49. The number of rotatable bonds is 4. The summed E-state index contributed by atoms with van der Waals surface area (Å²) in [6, 6.07) is 5.88. The van der Waals surface area contributed by atoms with Crippen LogP contribution in [0.25, 0.3) is 0 Å². The number of carbonyl (C=O) groups is 2. The Morgan fingerprint density at radius 2 is 2.15 bits per heavy atom. The molecule has 4 nitrogen and oxygen atoms in total. The smallest absolute Gasteiger partial charge is 0.243 e. The van der Waals surface area contributed by atoms with Gasteiger partial charge in [0.2, 0.25) is 11.8 Å². The van der Waals surface area contributed by atoms with Gasteiger partial charge in [-0.25, -0.2) is 4.39 Å². The zero-order valence-corrected chi connectivity index (χ0v) is 11.7. The van der Waals surface area contributed by atoms with E-state index < -0.39 is 6.04 Å². The third kappa shape index (κ3) is 3.15. The van der Waals surface area contributed by atoms with Crippen molar-refractivity contribution >= 4 is 11.8 Å². The van der Waals surface area contributed by atoms with Gasteiger partial charge in [-0.05, 0) is 30.0 Å². The molecule has 1 aliphatic rings. The normalized spacial score (nSPS) is 19.4. The molecule has 1 aliphatic heterocycles. The van der Waals surface area contributed by atoms with Crippen molar-refractivity contribution in [2.75, 3.05) is 13.1 Å². The Morgan fingerprint density at radius 3 is 2.80 bits per heavy atom. The van der Waals surface area contributed by atoms with E-state index in [1.54, 1.807) is 11.0 Å². The molecule has 1 N–H and O–H groups in total. The summed E-state index contributed by atoms with van der Waals surface area (Å²) in [6.45, 7) is 4.31. The van der Waals surface area contributed by atoms with Crippen molar-refractivity contribution in [2.24, 2.45) is 5.92 Å². The Bertz CT molecular complexity index is 516. The molecule has 1 unspecified atom stereocenters. The number of hydrogen-bond acceptors (Lipinski definition) is 2. The molecule has 0 spiro atoms. The Balaban J connectivity index is 2.08. The number of halogens is 1. The second kappa shape index (κ2) is 6.03. The molecule has 0 radical (unpaired) electrons. The SMILES string of the molecule is CC(C)C1C(=O)NCC(=O)N1CCc1cccc(F)c1. The minimum absolute atomic E-state index is 0.0468. The molecule has 2 amide bonds. The summed E-state index contributed by atoms with van der Waals surface area (Å²) in [5.74, 6) is -0.434. The molecule has 0 aliphatic carbocycles. The van der Waals surface area contributed by atoms with E-state index in [0.717, 1.165) is 5.56 Å². The lowest BCUT2D eigenvalue weighted by Crippen LogP contribution is -2.60. The van der Waals surface area contributed by atoms with Crippen LogP contribution >= 0.6 is 0 Å². The van der Waals surface area contributed by atoms with Crippen molar-refractivity contribution in [3.8, 4) is 0 Å². The van der Waals surface area contributed by atoms with E-state index in [1.165, 1.54) is 12.1 Å². The van der Waals surface area contributed by atoms with E-state index in [4.69, 9.17) is 0 Å². The van der Waals surface area contributed by atoms with Crippen LogP contribution in [0.2, 0.25) is 0 Å². The number of piperazine rings is 1. The molecular formula is C15H19FN2O2. The predicted octanol–water partition coefficient (Wildman–Crippen LogP) is 1.35. The molecule has 0 bridgehead atoms. The minimum atomic E-state index is -0.440. The average Bonchev–Trinajstić information content (AvgIpc) is 2.39. The van der Waals surface area contributed by atoms with Gasteiger partial charge in [0, 0.05) is 6.54 Å². The van der Waals surface area contributed by atoms with Crippen LogP contribution in [0.3, 0.4) is 0 Å². The monoisotopic (exact) mass is 278 g/mol. The van der Waals surface area contributed by atoms with Crippen LogP contribution in [0.4, 0.5) is 4.39 Å². The number of benzene rings is 1. The Morgan fingerprint density at radius 1 is 1.40 bits per heavy atom. The highest BCUT2D eigenvalue weighted by atomic mass is 19.1. The Labute approximate surface area is 118 Å². The van der Waals surface area contributed by atoms with Gasteiger partial charge in [-0.1, -0.05) is 26.0 Å². The van der Waals surface area contributed by atoms with Gasteiger partial charge < -0.3 is 10.2 Å². The molecule has 108 valence electrons. The van der Waals surface area contributed by atoms with E-state index in [0.29, 0.717) is 13.0 Å². The van der Waals surface area contributed by atoms with Crippen molar-refractivity contribution in [1.82, 2.24) is 10.2 Å². The fourth-order valence-corrected chi connectivity index (χ4v) is 2.53. The first-order valence-corrected chi connectivity index (χ1v) is 6.80. The molecule has 2 rings (SSSR count). The number of carbonyl (C=O) groups excluding carboxylic acids is 2. The summed E-state index contributed by atoms with van der Waals surface area (Å²) < 4.78 is 13.1. The predicted molar refractivity (Wildman–Crippen MR) is 73.5 cm³/mol. The first-order valence-electron chi connectivity index (χ1n) is 6.80. The Kier molecular flexibility index (Phi) is 4.37. The number of nitrogens with zero attached hydrogens (tertiary/aromatic N) is 1. The molecule has 5 heteroatoms. The van der Waals surface area contributed by atoms with Gasteiger partial charge in [0.15, 0.2) is 0 Å². The molecular weight excluding hydrogens is 259 g/mol. The number of amides is 2. The maximum absolute atomic E-state index is 13.1. The fourth-order valence-electron chi connectivity index (χ4n) is 2.53. The third-order valence-corrected chi connectivity index (χ3v) is 3.50. The Hall–Kier alpha value is -1.91. The highest BCUT2D eigenvalue weighted by Gasteiger charge is 2.35. The second-order valence-corrected chi connectivity index (χ2v) is 5.37. The molecule has 1 heterocycles. The van der Waals surface area contributed by atoms with Gasteiger partial charge in [-0.2, -0.15) is 0 Å². The lowest BCUT2D eigenvalue weighted by atomic mass is 9.98. The molecule has 0 saturated carbocycles. The van der Waals surface area contributed by atoms with Crippen LogP contribution in [0.5, 0.6) is 0 Å². The summed E-state index contributed by atoms with van der Waals surface area (Å²) in [6.07, 6.45) is 0.542. The number of nitrogens with one attached hydrogen (secondary N) is 1. The molecule has 1 aromatic carbocycles. The lowest BCUT2D eigenvalue weighted by Gasteiger charge is -2.37. The molecule has 1 fully saturated rings. The van der Waals surface area contributed by atoms with E-state index in [2.05, 4.69) is 5.32 Å². The summed E-state index contributed by atoms with van der Waals surface area (Å²) in [7, 11) is 0. The second-order valence-electron chi connectivity index (χ2n) is 5.37. The lowest BCUT2D eigenvalue weighted by molar-refractivity contribution is -0.147. The van der Waals surface area contributed by atoms with E-state index in [-0.39, 0.29) is 30.1 Å². The van der Waals surface area contributed by atoms with E-state index in [1.807, 2.05) is 19.9 Å². The van der Waals surface area contributed by atoms with Gasteiger partial charge in [0.1, 0.15) is 11.9 Å². The first kappa shape index (κ1) is 14.5. The van der Waals surface area contributed by atoms with Crippen LogP contribution in [0, 0.1) is 11.7 Å². The van der Waals surface area contributed by atoms with Crippen molar-refractivity contribution in [2.45, 2.75) is 26.3 Å². The average molecular weight is 278 g/mol. The minimum Gasteiger partial charge on any atom is -0.345 e. The van der Waals surface area contributed by atoms with Crippen molar-refractivity contribution in [1.29, 1.82) is 0 Å². The van der Waals surface area contributed by atoms with Crippen LogP contribution in [0.1, 0.15) is 19.4 Å². The highest BCUT2D eigenvalue weighted by molar-refractivity contribution is 5.94. The largest absolute Gasteiger partial charge is 0.345 e. The summed E-state index contributed by atoms with van der Waals surface area (Å²) in [4.78, 5) is 25.5. The zero-order valence-electron chi connectivity index (χ0n) is 11.7. The molecule has 1 aromatic rings. The molecule has 1 atom stereocenters. The van der Waals surface area contributed by atoms with Crippen molar-refractivity contribution in [3.05, 3.63) is 35.6 Å². The van der Waals surface area contributed by atoms with Gasteiger partial charge in [0.25, 0.3) is 0 Å². The third-order valence-electron chi connectivity index (χ3n) is 3.50. The van der Waals surface area contributed by atoms with E-state index in [9.17, 15) is 14.0 Å². The quantitative estimate of drug-likeness (QED) is 0.904. The molecule has 20 heavy (non-hydrogen) atoms. The summed E-state index contributed by atoms with van der Waals surface area (Å²) in [5, 5.41) is 2.61. The maximum atomic E-state index is 13.1. The fraction of sp³-hybridized carbons (Fsp3) is 0.467. The number of hydrogen-bond donors (Lipinski definition) is 1. The molecule has 1 saturated heterocycles. The van der Waals surface area contributed by atoms with Gasteiger partial charge >= 0.3 is 0 Å².